The number of carbonyl (C=O) groups is 2. The Morgan fingerprint density at radius 2 is 1.79 bits per heavy atom. The average Bonchev–Trinajstić information content (AvgIpc) is 2.71. The zero-order valence-corrected chi connectivity index (χ0v) is 16.6. The number of hydrogen-bond acceptors (Lipinski definition) is 3. The lowest BCUT2D eigenvalue weighted by molar-refractivity contribution is -0.134. The third-order valence-corrected chi connectivity index (χ3v) is 4.81. The summed E-state index contributed by atoms with van der Waals surface area (Å²) >= 11 is 0. The molecule has 2 amide bonds. The van der Waals surface area contributed by atoms with E-state index in [0.29, 0.717) is 5.69 Å². The lowest BCUT2D eigenvalue weighted by atomic mass is 9.96. The Labute approximate surface area is 169 Å². The van der Waals surface area contributed by atoms with Gasteiger partial charge in [0.1, 0.15) is 11.6 Å². The number of carbonyl (C=O) groups excluding carboxylic acids is 2. The molecule has 0 spiro atoms. The number of nitrogens with zero attached hydrogens (tertiary/aromatic N) is 1. The van der Waals surface area contributed by atoms with Gasteiger partial charge in [-0.15, -0.1) is 0 Å². The maximum atomic E-state index is 13.2. The molecule has 0 fully saturated rings. The predicted molar refractivity (Wildman–Crippen MR) is 112 cm³/mol. The summed E-state index contributed by atoms with van der Waals surface area (Å²) in [7, 11) is 3.20. The van der Waals surface area contributed by atoms with Crippen molar-refractivity contribution in [2.75, 3.05) is 26.0 Å². The van der Waals surface area contributed by atoms with Crippen LogP contribution in [0.1, 0.15) is 18.4 Å². The number of fused-ring (bicyclic) bond motifs is 1. The molecule has 3 aromatic rings. The third-order valence-electron chi connectivity index (χ3n) is 4.81. The SMILES string of the molecule is COc1ccc2cc(C(C)C(=O)N(C)CC(=O)Nc3cccc(F)c3)ccc2c1. The van der Waals surface area contributed by atoms with Crippen LogP contribution in [0.3, 0.4) is 0 Å². The van der Waals surface area contributed by atoms with Gasteiger partial charge in [-0.25, -0.2) is 4.39 Å². The van der Waals surface area contributed by atoms with Gasteiger partial charge in [-0.2, -0.15) is 0 Å². The molecule has 0 saturated heterocycles. The van der Waals surface area contributed by atoms with Crippen molar-refractivity contribution in [2.45, 2.75) is 12.8 Å². The van der Waals surface area contributed by atoms with Crippen molar-refractivity contribution >= 4 is 28.3 Å². The number of amides is 2. The molecule has 0 aliphatic heterocycles. The Morgan fingerprint density at radius 1 is 1.07 bits per heavy atom. The number of benzene rings is 3. The van der Waals surface area contributed by atoms with E-state index in [1.54, 1.807) is 20.2 Å². The van der Waals surface area contributed by atoms with Crippen molar-refractivity contribution in [2.24, 2.45) is 0 Å². The fourth-order valence-electron chi connectivity index (χ4n) is 3.17. The number of hydrogen-bond donors (Lipinski definition) is 1. The molecular formula is C23H23FN2O3. The molecule has 6 heteroatoms. The van der Waals surface area contributed by atoms with E-state index in [2.05, 4.69) is 5.32 Å². The zero-order valence-electron chi connectivity index (χ0n) is 16.6. The topological polar surface area (TPSA) is 58.6 Å². The van der Waals surface area contributed by atoms with Crippen LogP contribution in [0.25, 0.3) is 10.8 Å². The van der Waals surface area contributed by atoms with Crippen LogP contribution in [-0.4, -0.2) is 37.4 Å². The summed E-state index contributed by atoms with van der Waals surface area (Å²) in [6, 6.07) is 17.2. The van der Waals surface area contributed by atoms with Gasteiger partial charge in [0.15, 0.2) is 0 Å². The van der Waals surface area contributed by atoms with Gasteiger partial charge in [-0.05, 0) is 53.6 Å². The van der Waals surface area contributed by atoms with E-state index in [1.807, 2.05) is 43.3 Å². The highest BCUT2D eigenvalue weighted by Gasteiger charge is 2.21. The number of methoxy groups -OCH3 is 1. The summed E-state index contributed by atoms with van der Waals surface area (Å²) in [4.78, 5) is 26.4. The molecule has 0 heterocycles. The molecule has 0 aromatic heterocycles. The third kappa shape index (κ3) is 4.90. The van der Waals surface area contributed by atoms with E-state index in [9.17, 15) is 14.0 Å². The molecule has 1 N–H and O–H groups in total. The summed E-state index contributed by atoms with van der Waals surface area (Å²) in [5.74, 6) is -0.627. The lowest BCUT2D eigenvalue weighted by Gasteiger charge is -2.21. The molecule has 0 radical (unpaired) electrons. The van der Waals surface area contributed by atoms with Gasteiger partial charge in [-0.3, -0.25) is 9.59 Å². The fraction of sp³-hybridized carbons (Fsp3) is 0.217. The molecule has 0 aliphatic rings. The second-order valence-corrected chi connectivity index (χ2v) is 6.95. The van der Waals surface area contributed by atoms with Crippen LogP contribution in [0, 0.1) is 5.82 Å². The van der Waals surface area contributed by atoms with Crippen LogP contribution >= 0.6 is 0 Å². The van der Waals surface area contributed by atoms with Crippen LogP contribution in [0.15, 0.2) is 60.7 Å². The minimum absolute atomic E-state index is 0.121. The first-order valence-electron chi connectivity index (χ1n) is 9.25. The van der Waals surface area contributed by atoms with Crippen LogP contribution in [0.4, 0.5) is 10.1 Å². The van der Waals surface area contributed by atoms with E-state index in [0.717, 1.165) is 22.1 Å². The summed E-state index contributed by atoms with van der Waals surface area (Å²) < 4.78 is 18.5. The van der Waals surface area contributed by atoms with Gasteiger partial charge in [0.2, 0.25) is 11.8 Å². The summed E-state index contributed by atoms with van der Waals surface area (Å²) in [5, 5.41) is 4.63. The van der Waals surface area contributed by atoms with Gasteiger partial charge in [0.05, 0.1) is 19.6 Å². The Hall–Kier alpha value is -3.41. The van der Waals surface area contributed by atoms with Gasteiger partial charge < -0.3 is 15.0 Å². The summed E-state index contributed by atoms with van der Waals surface area (Å²) in [6.07, 6.45) is 0. The lowest BCUT2D eigenvalue weighted by Crippen LogP contribution is -2.37. The van der Waals surface area contributed by atoms with Crippen molar-refractivity contribution in [3.8, 4) is 5.75 Å². The van der Waals surface area contributed by atoms with E-state index in [1.165, 1.54) is 23.1 Å². The van der Waals surface area contributed by atoms with Crippen molar-refractivity contribution < 1.29 is 18.7 Å². The van der Waals surface area contributed by atoms with Gasteiger partial charge in [0.25, 0.3) is 0 Å². The Kier molecular flexibility index (Phi) is 6.12. The first-order valence-corrected chi connectivity index (χ1v) is 9.25. The second-order valence-electron chi connectivity index (χ2n) is 6.95. The highest BCUT2D eigenvalue weighted by Crippen LogP contribution is 2.26. The zero-order chi connectivity index (χ0) is 21.0. The molecule has 150 valence electrons. The molecule has 0 saturated carbocycles. The number of anilines is 1. The molecule has 3 aromatic carbocycles. The smallest absolute Gasteiger partial charge is 0.243 e. The highest BCUT2D eigenvalue weighted by atomic mass is 19.1. The molecule has 0 bridgehead atoms. The fourth-order valence-corrected chi connectivity index (χ4v) is 3.17. The van der Waals surface area contributed by atoms with Crippen molar-refractivity contribution in [3.05, 3.63) is 72.0 Å². The maximum absolute atomic E-state index is 13.2. The van der Waals surface area contributed by atoms with E-state index in [4.69, 9.17) is 4.74 Å². The van der Waals surface area contributed by atoms with Gasteiger partial charge in [0, 0.05) is 12.7 Å². The number of likely N-dealkylation sites (N-methyl/N-ethyl adjacent to an activating group) is 1. The first kappa shape index (κ1) is 20.3. The van der Waals surface area contributed by atoms with E-state index >= 15 is 0 Å². The number of ether oxygens (including phenoxy) is 1. The molecule has 1 atom stereocenters. The van der Waals surface area contributed by atoms with Gasteiger partial charge >= 0.3 is 0 Å². The van der Waals surface area contributed by atoms with E-state index in [-0.39, 0.29) is 18.4 Å². The summed E-state index contributed by atoms with van der Waals surface area (Å²) in [6.45, 7) is 1.69. The Balaban J connectivity index is 1.67. The van der Waals surface area contributed by atoms with Crippen LogP contribution in [-0.2, 0) is 9.59 Å². The van der Waals surface area contributed by atoms with Crippen molar-refractivity contribution in [1.29, 1.82) is 0 Å². The first-order chi connectivity index (χ1) is 13.9. The normalized spacial score (nSPS) is 11.7. The molecule has 3 rings (SSSR count). The minimum Gasteiger partial charge on any atom is -0.497 e. The minimum atomic E-state index is -0.435. The van der Waals surface area contributed by atoms with E-state index < -0.39 is 11.7 Å². The standard InChI is InChI=1S/C23H23FN2O3/c1-15(16-7-8-18-12-21(29-3)10-9-17(18)11-16)23(28)26(2)14-22(27)25-20-6-4-5-19(24)13-20/h4-13,15H,14H2,1-3H3,(H,25,27). The summed E-state index contributed by atoms with van der Waals surface area (Å²) in [5.41, 5.74) is 1.22. The highest BCUT2D eigenvalue weighted by molar-refractivity contribution is 5.95. The molecular weight excluding hydrogens is 371 g/mol. The number of rotatable bonds is 6. The Morgan fingerprint density at radius 3 is 2.52 bits per heavy atom. The monoisotopic (exact) mass is 394 g/mol. The average molecular weight is 394 g/mol. The van der Waals surface area contributed by atoms with Crippen LogP contribution < -0.4 is 10.1 Å². The molecule has 29 heavy (non-hydrogen) atoms. The quantitative estimate of drug-likeness (QED) is 0.682. The van der Waals surface area contributed by atoms with Crippen molar-refractivity contribution in [3.63, 3.8) is 0 Å². The number of halogens is 1. The predicted octanol–water partition coefficient (Wildman–Crippen LogP) is 4.19. The number of nitrogens with one attached hydrogen (secondary N) is 1. The maximum Gasteiger partial charge on any atom is 0.243 e. The largest absolute Gasteiger partial charge is 0.497 e. The second kappa shape index (κ2) is 8.73. The van der Waals surface area contributed by atoms with Crippen molar-refractivity contribution in [1.82, 2.24) is 4.90 Å². The van der Waals surface area contributed by atoms with Gasteiger partial charge in [-0.1, -0.05) is 30.3 Å². The Bertz CT molecular complexity index is 1050. The molecule has 1 unspecified atom stereocenters. The van der Waals surface area contributed by atoms with Crippen LogP contribution in [0.2, 0.25) is 0 Å². The molecule has 0 aliphatic carbocycles. The van der Waals surface area contributed by atoms with Crippen LogP contribution in [0.5, 0.6) is 5.75 Å². The molecule has 5 nitrogen and oxygen atoms in total.